The second-order valence-corrected chi connectivity index (χ2v) is 6.69. The standard InChI is InChI=1S/C22H22F2N2O3/c1-14(2)8-9-29-20-7-4-15(11-21(20)28-3)10-16(13-25)22(27)26-19-6-5-17(23)12-18(19)24/h4-7,10-12,14H,8-9H2,1-3H3,(H,26,27)/b16-10+. The van der Waals surface area contributed by atoms with E-state index in [2.05, 4.69) is 19.2 Å². The van der Waals surface area contributed by atoms with E-state index in [1.54, 1.807) is 24.3 Å². The van der Waals surface area contributed by atoms with Crippen LogP contribution in [0.2, 0.25) is 0 Å². The van der Waals surface area contributed by atoms with Crippen molar-refractivity contribution in [3.63, 3.8) is 0 Å². The van der Waals surface area contributed by atoms with Crippen LogP contribution >= 0.6 is 0 Å². The number of rotatable bonds is 8. The average Bonchev–Trinajstić information content (AvgIpc) is 2.68. The predicted octanol–water partition coefficient (Wildman–Crippen LogP) is 4.94. The summed E-state index contributed by atoms with van der Waals surface area (Å²) in [5.74, 6) is -0.981. The third kappa shape index (κ3) is 6.32. The van der Waals surface area contributed by atoms with Gasteiger partial charge in [0.1, 0.15) is 23.3 Å². The van der Waals surface area contributed by atoms with Crippen LogP contribution in [0.1, 0.15) is 25.8 Å². The van der Waals surface area contributed by atoms with Crippen LogP contribution in [0, 0.1) is 28.9 Å². The summed E-state index contributed by atoms with van der Waals surface area (Å²) in [6, 6.07) is 9.53. The molecule has 7 heteroatoms. The van der Waals surface area contributed by atoms with Crippen LogP contribution in [0.15, 0.2) is 42.0 Å². The Hall–Kier alpha value is -3.40. The number of anilines is 1. The highest BCUT2D eigenvalue weighted by Gasteiger charge is 2.13. The minimum absolute atomic E-state index is 0.218. The smallest absolute Gasteiger partial charge is 0.266 e. The van der Waals surface area contributed by atoms with E-state index in [0.717, 1.165) is 18.6 Å². The average molecular weight is 400 g/mol. The molecule has 1 N–H and O–H groups in total. The molecular weight excluding hydrogens is 378 g/mol. The molecule has 5 nitrogen and oxygen atoms in total. The van der Waals surface area contributed by atoms with Crippen LogP contribution in [0.5, 0.6) is 11.5 Å². The molecule has 0 aromatic heterocycles. The lowest BCUT2D eigenvalue weighted by Gasteiger charge is -2.12. The van der Waals surface area contributed by atoms with Gasteiger partial charge in [0.25, 0.3) is 5.91 Å². The first kappa shape index (κ1) is 21.9. The molecule has 0 saturated heterocycles. The van der Waals surface area contributed by atoms with Crippen LogP contribution in [0.25, 0.3) is 6.08 Å². The van der Waals surface area contributed by atoms with E-state index in [1.165, 1.54) is 13.2 Å². The summed E-state index contributed by atoms with van der Waals surface area (Å²) in [7, 11) is 1.49. The van der Waals surface area contributed by atoms with Gasteiger partial charge in [-0.3, -0.25) is 4.79 Å². The van der Waals surface area contributed by atoms with Crippen LogP contribution in [0.4, 0.5) is 14.5 Å². The third-order valence-electron chi connectivity index (χ3n) is 4.00. The van der Waals surface area contributed by atoms with Gasteiger partial charge in [-0.25, -0.2) is 8.78 Å². The zero-order valence-electron chi connectivity index (χ0n) is 16.5. The van der Waals surface area contributed by atoms with Crippen LogP contribution in [-0.2, 0) is 4.79 Å². The summed E-state index contributed by atoms with van der Waals surface area (Å²) in [5.41, 5.74) is 0.0672. The molecule has 152 valence electrons. The molecule has 0 atom stereocenters. The summed E-state index contributed by atoms with van der Waals surface area (Å²) < 4.78 is 37.7. The number of benzene rings is 2. The van der Waals surface area contributed by atoms with Crippen molar-refractivity contribution in [2.75, 3.05) is 19.0 Å². The summed E-state index contributed by atoms with van der Waals surface area (Å²) >= 11 is 0. The molecule has 2 rings (SSSR count). The number of amides is 1. The Morgan fingerprint density at radius 3 is 2.59 bits per heavy atom. The van der Waals surface area contributed by atoms with Crippen LogP contribution in [0.3, 0.4) is 0 Å². The van der Waals surface area contributed by atoms with Gasteiger partial charge >= 0.3 is 0 Å². The molecule has 0 heterocycles. The number of ether oxygens (including phenoxy) is 2. The Kier molecular flexibility index (Phi) is 7.72. The van der Waals surface area contributed by atoms with E-state index < -0.39 is 17.5 Å². The van der Waals surface area contributed by atoms with Gasteiger partial charge in [0.2, 0.25) is 0 Å². The number of nitriles is 1. The second kappa shape index (κ2) is 10.2. The highest BCUT2D eigenvalue weighted by molar-refractivity contribution is 6.09. The maximum absolute atomic E-state index is 13.7. The SMILES string of the molecule is COc1cc(/C=C(\C#N)C(=O)Nc2ccc(F)cc2F)ccc1OCCC(C)C. The first-order chi connectivity index (χ1) is 13.8. The lowest BCUT2D eigenvalue weighted by atomic mass is 10.1. The fourth-order valence-electron chi connectivity index (χ4n) is 2.39. The van der Waals surface area contributed by atoms with E-state index in [1.807, 2.05) is 0 Å². The molecule has 0 fully saturated rings. The summed E-state index contributed by atoms with van der Waals surface area (Å²) in [6.07, 6.45) is 2.24. The van der Waals surface area contributed by atoms with Crippen LogP contribution in [-0.4, -0.2) is 19.6 Å². The number of nitrogens with zero attached hydrogens (tertiary/aromatic N) is 1. The Bertz CT molecular complexity index is 950. The maximum Gasteiger partial charge on any atom is 0.266 e. The lowest BCUT2D eigenvalue weighted by molar-refractivity contribution is -0.112. The molecule has 0 radical (unpaired) electrons. The Morgan fingerprint density at radius 1 is 1.21 bits per heavy atom. The molecule has 29 heavy (non-hydrogen) atoms. The minimum atomic E-state index is -0.930. The number of methoxy groups -OCH3 is 1. The third-order valence-corrected chi connectivity index (χ3v) is 4.00. The molecule has 0 spiro atoms. The quantitative estimate of drug-likeness (QED) is 0.503. The van der Waals surface area contributed by atoms with E-state index in [4.69, 9.17) is 9.47 Å². The van der Waals surface area contributed by atoms with Gasteiger partial charge in [0, 0.05) is 6.07 Å². The highest BCUT2D eigenvalue weighted by Crippen LogP contribution is 2.29. The zero-order valence-corrected chi connectivity index (χ0v) is 16.5. The van der Waals surface area contributed by atoms with Gasteiger partial charge in [0.05, 0.1) is 19.4 Å². The van der Waals surface area contributed by atoms with Crippen molar-refractivity contribution >= 4 is 17.7 Å². The Balaban J connectivity index is 2.18. The number of nitrogens with one attached hydrogen (secondary N) is 1. The lowest BCUT2D eigenvalue weighted by Crippen LogP contribution is -2.14. The number of carbonyl (C=O) groups is 1. The molecule has 1 amide bonds. The zero-order chi connectivity index (χ0) is 21.4. The van der Waals surface area contributed by atoms with Gasteiger partial charge < -0.3 is 14.8 Å². The van der Waals surface area contributed by atoms with Gasteiger partial charge in [-0.05, 0) is 48.2 Å². The number of carbonyl (C=O) groups excluding carboxylic acids is 1. The van der Waals surface area contributed by atoms with Crippen molar-refractivity contribution in [2.24, 2.45) is 5.92 Å². The van der Waals surface area contributed by atoms with E-state index >= 15 is 0 Å². The normalized spacial score (nSPS) is 11.1. The monoisotopic (exact) mass is 400 g/mol. The number of halogens is 2. The molecule has 0 bridgehead atoms. The molecular formula is C22H22F2N2O3. The topological polar surface area (TPSA) is 71.3 Å². The summed E-state index contributed by atoms with van der Waals surface area (Å²) in [6.45, 7) is 4.74. The first-order valence-electron chi connectivity index (χ1n) is 9.03. The Labute approximate surface area is 168 Å². The molecule has 0 saturated carbocycles. The first-order valence-corrected chi connectivity index (χ1v) is 9.03. The van der Waals surface area contributed by atoms with E-state index in [-0.39, 0.29) is 11.3 Å². The van der Waals surface area contributed by atoms with Crippen molar-refractivity contribution in [2.45, 2.75) is 20.3 Å². The summed E-state index contributed by atoms with van der Waals surface area (Å²) in [5, 5.41) is 11.6. The molecule has 0 aliphatic heterocycles. The fraction of sp³-hybridized carbons (Fsp3) is 0.273. The number of hydrogen-bond acceptors (Lipinski definition) is 4. The van der Waals surface area contributed by atoms with Gasteiger partial charge in [-0.1, -0.05) is 19.9 Å². The van der Waals surface area contributed by atoms with Gasteiger partial charge in [-0.2, -0.15) is 5.26 Å². The second-order valence-electron chi connectivity index (χ2n) is 6.69. The van der Waals surface area contributed by atoms with Crippen molar-refractivity contribution < 1.29 is 23.0 Å². The maximum atomic E-state index is 13.7. The molecule has 2 aromatic rings. The van der Waals surface area contributed by atoms with Crippen molar-refractivity contribution in [1.82, 2.24) is 0 Å². The van der Waals surface area contributed by atoms with Crippen molar-refractivity contribution in [3.05, 3.63) is 59.2 Å². The van der Waals surface area contributed by atoms with Crippen molar-refractivity contribution in [3.8, 4) is 17.6 Å². The predicted molar refractivity (Wildman–Crippen MR) is 107 cm³/mol. The Morgan fingerprint density at radius 2 is 1.97 bits per heavy atom. The molecule has 2 aromatic carbocycles. The molecule has 0 aliphatic rings. The fourth-order valence-corrected chi connectivity index (χ4v) is 2.39. The molecule has 0 unspecified atom stereocenters. The molecule has 0 aliphatic carbocycles. The van der Waals surface area contributed by atoms with E-state index in [9.17, 15) is 18.8 Å². The number of hydrogen-bond donors (Lipinski definition) is 1. The highest BCUT2D eigenvalue weighted by atomic mass is 19.1. The minimum Gasteiger partial charge on any atom is -0.493 e. The van der Waals surface area contributed by atoms with Gasteiger partial charge in [0.15, 0.2) is 11.5 Å². The van der Waals surface area contributed by atoms with E-state index in [0.29, 0.717) is 35.7 Å². The van der Waals surface area contributed by atoms with Crippen molar-refractivity contribution in [1.29, 1.82) is 5.26 Å². The largest absolute Gasteiger partial charge is 0.493 e. The van der Waals surface area contributed by atoms with Crippen LogP contribution < -0.4 is 14.8 Å². The van der Waals surface area contributed by atoms with Gasteiger partial charge in [-0.15, -0.1) is 0 Å². The summed E-state index contributed by atoms with van der Waals surface area (Å²) in [4.78, 5) is 12.3.